The van der Waals surface area contributed by atoms with E-state index in [-0.39, 0.29) is 16.7 Å². The van der Waals surface area contributed by atoms with Gasteiger partial charge in [0.05, 0.1) is 5.56 Å². The lowest BCUT2D eigenvalue weighted by molar-refractivity contribution is -0.140. The number of anilines is 2. The van der Waals surface area contributed by atoms with Crippen molar-refractivity contribution in [3.8, 4) is 6.07 Å². The summed E-state index contributed by atoms with van der Waals surface area (Å²) in [4.78, 5) is 11.6. The Kier molecular flexibility index (Phi) is 4.81. The summed E-state index contributed by atoms with van der Waals surface area (Å²) in [5.41, 5.74) is -0.536. The van der Waals surface area contributed by atoms with Gasteiger partial charge in [0, 0.05) is 31.5 Å². The molecule has 0 amide bonds. The molecule has 0 aliphatic heterocycles. The standard InChI is InChI=1S/C15H11ClF3N7/c16-11-5-13-24-10(15(17,18)19)8-26(13)14(25-11)22-4-3-21-12-2-1-9(6-20)7-23-12/h1-2,5,7-8H,3-4H2,(H,21,23)(H,22,25). The highest BCUT2D eigenvalue weighted by Crippen LogP contribution is 2.29. The molecule has 0 fully saturated rings. The largest absolute Gasteiger partial charge is 0.434 e. The van der Waals surface area contributed by atoms with Crippen LogP contribution in [0.15, 0.2) is 30.6 Å². The number of nitrogens with zero attached hydrogens (tertiary/aromatic N) is 5. The fourth-order valence-corrected chi connectivity index (χ4v) is 2.33. The quantitative estimate of drug-likeness (QED) is 0.521. The Morgan fingerprint density at radius 3 is 2.62 bits per heavy atom. The number of alkyl halides is 3. The maximum atomic E-state index is 12.8. The second-order valence-electron chi connectivity index (χ2n) is 5.15. The highest BCUT2D eigenvalue weighted by molar-refractivity contribution is 6.29. The third-order valence-corrected chi connectivity index (χ3v) is 3.51. The number of imidazole rings is 1. The summed E-state index contributed by atoms with van der Waals surface area (Å²) >= 11 is 5.85. The number of hydrogen-bond acceptors (Lipinski definition) is 6. The number of nitriles is 1. The zero-order chi connectivity index (χ0) is 18.7. The summed E-state index contributed by atoms with van der Waals surface area (Å²) in [5.74, 6) is 0.710. The fourth-order valence-electron chi connectivity index (χ4n) is 2.15. The Balaban J connectivity index is 1.68. The zero-order valence-electron chi connectivity index (χ0n) is 13.0. The van der Waals surface area contributed by atoms with Crippen molar-refractivity contribution in [2.45, 2.75) is 6.18 Å². The topological polar surface area (TPSA) is 90.9 Å². The van der Waals surface area contributed by atoms with E-state index in [0.717, 1.165) is 6.20 Å². The molecule has 3 rings (SSSR count). The van der Waals surface area contributed by atoms with Gasteiger partial charge >= 0.3 is 6.18 Å². The van der Waals surface area contributed by atoms with Gasteiger partial charge in [-0.2, -0.15) is 18.4 Å². The number of nitrogens with one attached hydrogen (secondary N) is 2. The molecule has 2 N–H and O–H groups in total. The van der Waals surface area contributed by atoms with E-state index in [9.17, 15) is 13.2 Å². The van der Waals surface area contributed by atoms with Crippen LogP contribution in [0.5, 0.6) is 0 Å². The minimum Gasteiger partial charge on any atom is -0.368 e. The van der Waals surface area contributed by atoms with Gasteiger partial charge in [0.15, 0.2) is 5.69 Å². The van der Waals surface area contributed by atoms with Gasteiger partial charge in [-0.05, 0) is 12.1 Å². The van der Waals surface area contributed by atoms with E-state index in [4.69, 9.17) is 16.9 Å². The molecule has 0 aromatic carbocycles. The molecule has 26 heavy (non-hydrogen) atoms. The van der Waals surface area contributed by atoms with Crippen LogP contribution in [0.25, 0.3) is 5.65 Å². The number of fused-ring (bicyclic) bond motifs is 1. The average molecular weight is 382 g/mol. The van der Waals surface area contributed by atoms with E-state index in [1.807, 2.05) is 6.07 Å². The van der Waals surface area contributed by atoms with E-state index in [1.165, 1.54) is 16.7 Å². The Morgan fingerprint density at radius 2 is 1.96 bits per heavy atom. The van der Waals surface area contributed by atoms with E-state index in [1.54, 1.807) is 12.1 Å². The second-order valence-corrected chi connectivity index (χ2v) is 5.54. The molecule has 0 radical (unpaired) electrons. The van der Waals surface area contributed by atoms with Crippen molar-refractivity contribution in [2.75, 3.05) is 23.7 Å². The van der Waals surface area contributed by atoms with Gasteiger partial charge in [-0.25, -0.2) is 15.0 Å². The van der Waals surface area contributed by atoms with Gasteiger partial charge in [-0.1, -0.05) is 11.6 Å². The smallest absolute Gasteiger partial charge is 0.368 e. The molecule has 134 valence electrons. The number of halogens is 4. The summed E-state index contributed by atoms with van der Waals surface area (Å²) in [7, 11) is 0. The highest BCUT2D eigenvalue weighted by Gasteiger charge is 2.34. The van der Waals surface area contributed by atoms with Crippen molar-refractivity contribution in [3.05, 3.63) is 47.0 Å². The molecule has 3 heterocycles. The van der Waals surface area contributed by atoms with Crippen molar-refractivity contribution < 1.29 is 13.2 Å². The molecule has 0 aliphatic rings. The molecule has 0 aliphatic carbocycles. The van der Waals surface area contributed by atoms with Gasteiger partial charge in [-0.15, -0.1) is 0 Å². The number of pyridine rings is 1. The molecule has 0 spiro atoms. The number of rotatable bonds is 5. The van der Waals surface area contributed by atoms with Gasteiger partial charge in [-0.3, -0.25) is 4.40 Å². The monoisotopic (exact) mass is 381 g/mol. The van der Waals surface area contributed by atoms with Gasteiger partial charge in [0.2, 0.25) is 5.95 Å². The van der Waals surface area contributed by atoms with E-state index < -0.39 is 11.9 Å². The summed E-state index contributed by atoms with van der Waals surface area (Å²) < 4.78 is 39.6. The lowest BCUT2D eigenvalue weighted by Gasteiger charge is -2.09. The van der Waals surface area contributed by atoms with Crippen LogP contribution < -0.4 is 10.6 Å². The van der Waals surface area contributed by atoms with Gasteiger partial charge < -0.3 is 10.6 Å². The molecule has 0 bridgehead atoms. The summed E-state index contributed by atoms with van der Waals surface area (Å²) in [5, 5.41) is 14.7. The molecule has 0 atom stereocenters. The van der Waals surface area contributed by atoms with Crippen molar-refractivity contribution in [2.24, 2.45) is 0 Å². The minimum absolute atomic E-state index is 0.0287. The lowest BCUT2D eigenvalue weighted by Crippen LogP contribution is -2.16. The second kappa shape index (κ2) is 7.05. The van der Waals surface area contributed by atoms with Crippen LogP contribution in [0.4, 0.5) is 24.9 Å². The summed E-state index contributed by atoms with van der Waals surface area (Å²) in [6.45, 7) is 0.749. The van der Waals surface area contributed by atoms with Crippen LogP contribution in [0.2, 0.25) is 5.15 Å². The van der Waals surface area contributed by atoms with Crippen LogP contribution in [-0.4, -0.2) is 32.4 Å². The van der Waals surface area contributed by atoms with Crippen LogP contribution in [-0.2, 0) is 6.18 Å². The Labute approximate surface area is 150 Å². The molecule has 0 saturated carbocycles. The first-order valence-electron chi connectivity index (χ1n) is 7.33. The fraction of sp³-hybridized carbons (Fsp3) is 0.200. The summed E-state index contributed by atoms with van der Waals surface area (Å²) in [6.07, 6.45) is -2.27. The van der Waals surface area contributed by atoms with Crippen LogP contribution in [0, 0.1) is 11.3 Å². The predicted molar refractivity (Wildman–Crippen MR) is 88.9 cm³/mol. The first-order valence-corrected chi connectivity index (χ1v) is 7.71. The molecular formula is C15H11ClF3N7. The molecule has 3 aromatic rings. The van der Waals surface area contributed by atoms with Crippen molar-refractivity contribution in [1.29, 1.82) is 5.26 Å². The summed E-state index contributed by atoms with van der Waals surface area (Å²) in [6, 6.07) is 6.49. The average Bonchev–Trinajstić information content (AvgIpc) is 3.03. The molecule has 7 nitrogen and oxygen atoms in total. The van der Waals surface area contributed by atoms with E-state index in [2.05, 4.69) is 25.6 Å². The van der Waals surface area contributed by atoms with Crippen molar-refractivity contribution in [1.82, 2.24) is 19.4 Å². The maximum absolute atomic E-state index is 12.8. The number of hydrogen-bond donors (Lipinski definition) is 2. The first-order chi connectivity index (χ1) is 12.4. The van der Waals surface area contributed by atoms with Crippen LogP contribution in [0.1, 0.15) is 11.3 Å². The first kappa shape index (κ1) is 17.8. The van der Waals surface area contributed by atoms with Crippen LogP contribution in [0.3, 0.4) is 0 Å². The SMILES string of the molecule is N#Cc1ccc(NCCNc2nc(Cl)cc3nc(C(F)(F)F)cn23)nc1. The lowest BCUT2D eigenvalue weighted by atomic mass is 10.3. The van der Waals surface area contributed by atoms with Crippen molar-refractivity contribution >= 4 is 29.0 Å². The third kappa shape index (κ3) is 3.94. The molecular weight excluding hydrogens is 371 g/mol. The van der Waals surface area contributed by atoms with Gasteiger partial charge in [0.25, 0.3) is 0 Å². The van der Waals surface area contributed by atoms with E-state index in [0.29, 0.717) is 24.5 Å². The number of aromatic nitrogens is 4. The Morgan fingerprint density at radius 1 is 1.19 bits per heavy atom. The normalized spacial score (nSPS) is 11.3. The highest BCUT2D eigenvalue weighted by atomic mass is 35.5. The molecule has 0 unspecified atom stereocenters. The molecule has 3 aromatic heterocycles. The minimum atomic E-state index is -4.56. The Bertz CT molecular complexity index is 960. The predicted octanol–water partition coefficient (Wildman–Crippen LogP) is 3.19. The third-order valence-electron chi connectivity index (χ3n) is 3.32. The molecule has 0 saturated heterocycles. The zero-order valence-corrected chi connectivity index (χ0v) is 13.8. The Hall–Kier alpha value is -3.06. The maximum Gasteiger partial charge on any atom is 0.434 e. The van der Waals surface area contributed by atoms with Crippen molar-refractivity contribution in [3.63, 3.8) is 0 Å². The van der Waals surface area contributed by atoms with Gasteiger partial charge in [0.1, 0.15) is 22.7 Å². The van der Waals surface area contributed by atoms with E-state index >= 15 is 0 Å². The van der Waals surface area contributed by atoms with Crippen LogP contribution >= 0.6 is 11.6 Å². The molecule has 11 heteroatoms.